The van der Waals surface area contributed by atoms with Crippen molar-refractivity contribution in [2.45, 2.75) is 58.5 Å². The lowest BCUT2D eigenvalue weighted by atomic mass is 10.1. The van der Waals surface area contributed by atoms with Crippen LogP contribution < -0.4 is 9.62 Å². The van der Waals surface area contributed by atoms with E-state index in [1.807, 2.05) is 40.7 Å². The maximum atomic E-state index is 14.1. The second-order valence-corrected chi connectivity index (χ2v) is 13.2. The first-order valence-electron chi connectivity index (χ1n) is 13.5. The van der Waals surface area contributed by atoms with Gasteiger partial charge in [0.05, 0.1) is 20.6 Å². The maximum absolute atomic E-state index is 14.1. The van der Waals surface area contributed by atoms with Gasteiger partial charge in [-0.2, -0.15) is 0 Å². The summed E-state index contributed by atoms with van der Waals surface area (Å²) in [7, 11) is -4.13. The zero-order valence-electron chi connectivity index (χ0n) is 24.0. The van der Waals surface area contributed by atoms with Gasteiger partial charge in [-0.15, -0.1) is 0 Å². The summed E-state index contributed by atoms with van der Waals surface area (Å²) in [5, 5.41) is 3.60. The highest BCUT2D eigenvalue weighted by Crippen LogP contribution is 2.27. The van der Waals surface area contributed by atoms with Crippen molar-refractivity contribution in [2.24, 2.45) is 5.92 Å². The Balaban J connectivity index is 2.06. The van der Waals surface area contributed by atoms with Crippen molar-refractivity contribution in [3.63, 3.8) is 0 Å². The van der Waals surface area contributed by atoms with Gasteiger partial charge in [0.15, 0.2) is 0 Å². The lowest BCUT2D eigenvalue weighted by Gasteiger charge is -2.33. The molecule has 0 unspecified atom stereocenters. The van der Waals surface area contributed by atoms with Crippen LogP contribution in [0.1, 0.15) is 43.9 Å². The number of hydrogen-bond acceptors (Lipinski definition) is 4. The first-order valence-corrected chi connectivity index (χ1v) is 15.7. The molecule has 1 atom stereocenters. The number of rotatable bonds is 12. The molecular weight excluding hydrogens is 581 g/mol. The SMILES string of the molecule is CC[C@@H](C(=O)NCC(C)C)N(Cc1ccc(Cl)c(Cl)c1)C(=O)CN(c1cccc(C)c1)S(=O)(=O)c1ccc(C)cc1. The van der Waals surface area contributed by atoms with Crippen LogP contribution in [-0.4, -0.2) is 44.3 Å². The van der Waals surface area contributed by atoms with Crippen LogP contribution in [0.15, 0.2) is 71.6 Å². The van der Waals surface area contributed by atoms with E-state index < -0.39 is 28.5 Å². The molecule has 0 aromatic heterocycles. The quantitative estimate of drug-likeness (QED) is 0.255. The molecule has 220 valence electrons. The number of carbonyl (C=O) groups excluding carboxylic acids is 2. The number of sulfonamides is 1. The topological polar surface area (TPSA) is 86.8 Å². The molecule has 0 bridgehead atoms. The van der Waals surface area contributed by atoms with Crippen LogP contribution >= 0.6 is 23.2 Å². The summed E-state index contributed by atoms with van der Waals surface area (Å²) < 4.78 is 29.0. The van der Waals surface area contributed by atoms with E-state index in [1.54, 1.807) is 48.5 Å². The minimum atomic E-state index is -4.13. The zero-order chi connectivity index (χ0) is 30.3. The molecule has 0 aliphatic rings. The number of carbonyl (C=O) groups is 2. The molecule has 0 saturated heterocycles. The molecule has 1 N–H and O–H groups in total. The van der Waals surface area contributed by atoms with Gasteiger partial charge in [0.1, 0.15) is 12.6 Å². The molecule has 10 heteroatoms. The Hall–Kier alpha value is -3.07. The van der Waals surface area contributed by atoms with E-state index >= 15 is 0 Å². The summed E-state index contributed by atoms with van der Waals surface area (Å²) in [6, 6.07) is 17.6. The standard InChI is InChI=1S/C31H37Cl2N3O4S/c1-6-29(31(38)34-18-21(2)3)35(19-24-12-15-27(32)28(33)17-24)30(37)20-36(25-9-7-8-23(5)16-25)41(39,40)26-13-10-22(4)11-14-26/h7-17,21,29H,6,18-20H2,1-5H3,(H,34,38)/t29-/m0/s1. The van der Waals surface area contributed by atoms with E-state index in [0.717, 1.165) is 15.4 Å². The van der Waals surface area contributed by atoms with Crippen LogP contribution in [0.2, 0.25) is 10.0 Å². The van der Waals surface area contributed by atoms with Gasteiger partial charge < -0.3 is 10.2 Å². The molecule has 3 aromatic carbocycles. The molecule has 0 aliphatic carbocycles. The monoisotopic (exact) mass is 617 g/mol. The molecule has 0 fully saturated rings. The van der Waals surface area contributed by atoms with Crippen LogP contribution in [0, 0.1) is 19.8 Å². The minimum absolute atomic E-state index is 0.0373. The van der Waals surface area contributed by atoms with Crippen molar-refractivity contribution in [1.29, 1.82) is 0 Å². The van der Waals surface area contributed by atoms with Crippen LogP contribution in [-0.2, 0) is 26.2 Å². The van der Waals surface area contributed by atoms with Crippen LogP contribution in [0.5, 0.6) is 0 Å². The number of nitrogens with zero attached hydrogens (tertiary/aromatic N) is 2. The first kappa shape index (κ1) is 32.4. The Morgan fingerprint density at radius 1 is 0.902 bits per heavy atom. The number of benzene rings is 3. The van der Waals surface area contributed by atoms with Crippen molar-refractivity contribution in [2.75, 3.05) is 17.4 Å². The van der Waals surface area contributed by atoms with E-state index in [9.17, 15) is 18.0 Å². The number of nitrogens with one attached hydrogen (secondary N) is 1. The van der Waals surface area contributed by atoms with Crippen molar-refractivity contribution in [1.82, 2.24) is 10.2 Å². The predicted octanol–water partition coefficient (Wildman–Crippen LogP) is 6.39. The Kier molecular flexibility index (Phi) is 11.2. The second kappa shape index (κ2) is 14.2. The third-order valence-electron chi connectivity index (χ3n) is 6.58. The number of aryl methyl sites for hydroxylation is 2. The van der Waals surface area contributed by atoms with Crippen molar-refractivity contribution in [3.05, 3.63) is 93.5 Å². The van der Waals surface area contributed by atoms with Crippen molar-refractivity contribution in [3.8, 4) is 0 Å². The Labute approximate surface area is 253 Å². The highest BCUT2D eigenvalue weighted by Gasteiger charge is 2.33. The van der Waals surface area contributed by atoms with E-state index in [1.165, 1.54) is 17.0 Å². The lowest BCUT2D eigenvalue weighted by molar-refractivity contribution is -0.140. The van der Waals surface area contributed by atoms with E-state index in [0.29, 0.717) is 34.3 Å². The third kappa shape index (κ3) is 8.47. The number of hydrogen-bond donors (Lipinski definition) is 1. The highest BCUT2D eigenvalue weighted by molar-refractivity contribution is 7.92. The van der Waals surface area contributed by atoms with Crippen LogP contribution in [0.25, 0.3) is 0 Å². The van der Waals surface area contributed by atoms with Gasteiger partial charge >= 0.3 is 0 Å². The summed E-state index contributed by atoms with van der Waals surface area (Å²) in [6.07, 6.45) is 0.326. The smallest absolute Gasteiger partial charge is 0.264 e. The highest BCUT2D eigenvalue weighted by atomic mass is 35.5. The molecule has 3 aromatic rings. The van der Waals surface area contributed by atoms with Gasteiger partial charge in [-0.25, -0.2) is 8.42 Å². The van der Waals surface area contributed by atoms with Gasteiger partial charge in [0.25, 0.3) is 10.0 Å². The molecule has 7 nitrogen and oxygen atoms in total. The molecule has 0 radical (unpaired) electrons. The largest absolute Gasteiger partial charge is 0.354 e. The number of amides is 2. The number of anilines is 1. The van der Waals surface area contributed by atoms with Gasteiger partial charge in [-0.05, 0) is 73.7 Å². The lowest BCUT2D eigenvalue weighted by Crippen LogP contribution is -2.52. The average molecular weight is 619 g/mol. The summed E-state index contributed by atoms with van der Waals surface area (Å²) in [5.41, 5.74) is 2.76. The van der Waals surface area contributed by atoms with Crippen molar-refractivity contribution >= 4 is 50.7 Å². The molecule has 0 spiro atoms. The number of halogens is 2. The third-order valence-corrected chi connectivity index (χ3v) is 9.11. The second-order valence-electron chi connectivity index (χ2n) is 10.5. The minimum Gasteiger partial charge on any atom is -0.354 e. The summed E-state index contributed by atoms with van der Waals surface area (Å²) in [4.78, 5) is 28.9. The predicted molar refractivity (Wildman–Crippen MR) is 166 cm³/mol. The Bertz CT molecular complexity index is 1480. The van der Waals surface area contributed by atoms with E-state index in [2.05, 4.69) is 5.32 Å². The van der Waals surface area contributed by atoms with Gasteiger partial charge in [-0.1, -0.05) is 79.9 Å². The first-order chi connectivity index (χ1) is 19.3. The molecule has 3 rings (SSSR count). The van der Waals surface area contributed by atoms with E-state index in [-0.39, 0.29) is 23.3 Å². The molecule has 0 saturated carbocycles. The summed E-state index contributed by atoms with van der Waals surface area (Å²) >= 11 is 12.4. The maximum Gasteiger partial charge on any atom is 0.264 e. The molecule has 41 heavy (non-hydrogen) atoms. The summed E-state index contributed by atoms with van der Waals surface area (Å²) in [5.74, 6) is -0.620. The fourth-order valence-corrected chi connectivity index (χ4v) is 6.05. The van der Waals surface area contributed by atoms with Crippen LogP contribution in [0.4, 0.5) is 5.69 Å². The summed E-state index contributed by atoms with van der Waals surface area (Å²) in [6.45, 7) is 9.48. The van der Waals surface area contributed by atoms with Gasteiger partial charge in [-0.3, -0.25) is 13.9 Å². The fraction of sp³-hybridized carbons (Fsp3) is 0.355. The van der Waals surface area contributed by atoms with Gasteiger partial charge in [0, 0.05) is 13.1 Å². The molecule has 2 amide bonds. The van der Waals surface area contributed by atoms with Crippen LogP contribution in [0.3, 0.4) is 0 Å². The molecule has 0 heterocycles. The average Bonchev–Trinajstić information content (AvgIpc) is 2.92. The van der Waals surface area contributed by atoms with E-state index in [4.69, 9.17) is 23.2 Å². The van der Waals surface area contributed by atoms with Gasteiger partial charge in [0.2, 0.25) is 11.8 Å². The Morgan fingerprint density at radius 3 is 2.17 bits per heavy atom. The fourth-order valence-electron chi connectivity index (χ4n) is 4.33. The zero-order valence-corrected chi connectivity index (χ0v) is 26.4. The normalized spacial score (nSPS) is 12.2. The Morgan fingerprint density at radius 2 is 1.59 bits per heavy atom. The van der Waals surface area contributed by atoms with Crippen molar-refractivity contribution < 1.29 is 18.0 Å². The molecule has 0 aliphatic heterocycles. The molecular formula is C31H37Cl2N3O4S.